The summed E-state index contributed by atoms with van der Waals surface area (Å²) in [6.45, 7) is 12.8. The molecule has 2 heteroatoms. The standard InChI is InChI=1S/C18H35NO/c1-6-19-17-10-12(2)9-15(5)18(17)20-16-8-7-13(3)14(4)11-16/h12-19H,6-11H2,1-5H3. The molecule has 20 heavy (non-hydrogen) atoms. The summed E-state index contributed by atoms with van der Waals surface area (Å²) < 4.78 is 6.61. The molecule has 0 radical (unpaired) electrons. The van der Waals surface area contributed by atoms with Crippen LogP contribution in [0.5, 0.6) is 0 Å². The van der Waals surface area contributed by atoms with Crippen LogP contribution < -0.4 is 5.32 Å². The molecular formula is C18H35NO. The number of nitrogens with one attached hydrogen (secondary N) is 1. The molecule has 2 aliphatic rings. The molecule has 2 rings (SSSR count). The fraction of sp³-hybridized carbons (Fsp3) is 1.00. The fourth-order valence-corrected chi connectivity index (χ4v) is 4.36. The summed E-state index contributed by atoms with van der Waals surface area (Å²) in [7, 11) is 0. The van der Waals surface area contributed by atoms with Crippen molar-refractivity contribution in [3.05, 3.63) is 0 Å². The van der Waals surface area contributed by atoms with E-state index in [0.29, 0.717) is 24.2 Å². The molecule has 2 saturated carbocycles. The molecule has 0 spiro atoms. The van der Waals surface area contributed by atoms with E-state index in [0.717, 1.165) is 24.3 Å². The topological polar surface area (TPSA) is 21.3 Å². The van der Waals surface area contributed by atoms with Crippen molar-refractivity contribution in [3.8, 4) is 0 Å². The van der Waals surface area contributed by atoms with Crippen molar-refractivity contribution < 1.29 is 4.74 Å². The summed E-state index contributed by atoms with van der Waals surface area (Å²) in [6, 6.07) is 0.563. The summed E-state index contributed by atoms with van der Waals surface area (Å²) in [5.74, 6) is 3.23. The molecule has 2 nitrogen and oxygen atoms in total. The van der Waals surface area contributed by atoms with Gasteiger partial charge in [-0.2, -0.15) is 0 Å². The molecule has 0 heterocycles. The minimum absolute atomic E-state index is 0.428. The third-order valence-corrected chi connectivity index (χ3v) is 5.75. The highest BCUT2D eigenvalue weighted by atomic mass is 16.5. The predicted molar refractivity (Wildman–Crippen MR) is 85.9 cm³/mol. The van der Waals surface area contributed by atoms with Crippen LogP contribution in [0.25, 0.3) is 0 Å². The van der Waals surface area contributed by atoms with E-state index < -0.39 is 0 Å². The first-order valence-electron chi connectivity index (χ1n) is 8.90. The molecule has 0 saturated heterocycles. The van der Waals surface area contributed by atoms with E-state index in [1.54, 1.807) is 0 Å². The van der Waals surface area contributed by atoms with Gasteiger partial charge in [-0.1, -0.05) is 34.6 Å². The highest BCUT2D eigenvalue weighted by Crippen LogP contribution is 2.36. The van der Waals surface area contributed by atoms with Crippen LogP contribution in [0.4, 0.5) is 0 Å². The van der Waals surface area contributed by atoms with Gasteiger partial charge in [0.05, 0.1) is 12.2 Å². The van der Waals surface area contributed by atoms with E-state index in [1.807, 2.05) is 0 Å². The monoisotopic (exact) mass is 281 g/mol. The third kappa shape index (κ3) is 3.98. The molecule has 2 aliphatic carbocycles. The normalized spacial score (nSPS) is 46.4. The SMILES string of the molecule is CCNC1CC(C)CC(C)C1OC1CCC(C)C(C)C1. The molecule has 0 aliphatic heterocycles. The van der Waals surface area contributed by atoms with Crippen LogP contribution in [-0.4, -0.2) is 24.8 Å². The Bertz CT molecular complexity index is 293. The Labute approximate surface area is 126 Å². The van der Waals surface area contributed by atoms with Gasteiger partial charge in [0.1, 0.15) is 0 Å². The van der Waals surface area contributed by atoms with Crippen LogP contribution in [0.1, 0.15) is 66.7 Å². The first-order valence-corrected chi connectivity index (χ1v) is 8.90. The number of ether oxygens (including phenoxy) is 1. The van der Waals surface area contributed by atoms with Gasteiger partial charge < -0.3 is 10.1 Å². The second-order valence-electron chi connectivity index (χ2n) is 7.71. The predicted octanol–water partition coefficient (Wildman–Crippen LogP) is 4.24. The quantitative estimate of drug-likeness (QED) is 0.832. The molecular weight excluding hydrogens is 246 g/mol. The molecule has 2 fully saturated rings. The summed E-state index contributed by atoms with van der Waals surface area (Å²) in [5.41, 5.74) is 0. The molecule has 0 aromatic heterocycles. The summed E-state index contributed by atoms with van der Waals surface area (Å²) >= 11 is 0. The Kier molecular flexibility index (Phi) is 5.92. The third-order valence-electron chi connectivity index (χ3n) is 5.75. The molecule has 1 N–H and O–H groups in total. The zero-order valence-corrected chi connectivity index (χ0v) is 14.2. The van der Waals surface area contributed by atoms with Crippen molar-refractivity contribution in [3.63, 3.8) is 0 Å². The summed E-state index contributed by atoms with van der Waals surface area (Å²) in [5, 5.41) is 3.68. The van der Waals surface area contributed by atoms with Gasteiger partial charge in [0, 0.05) is 6.04 Å². The maximum atomic E-state index is 6.61. The van der Waals surface area contributed by atoms with E-state index in [9.17, 15) is 0 Å². The lowest BCUT2D eigenvalue weighted by atomic mass is 9.77. The largest absolute Gasteiger partial charge is 0.373 e. The zero-order valence-electron chi connectivity index (χ0n) is 14.2. The first-order chi connectivity index (χ1) is 9.51. The smallest absolute Gasteiger partial charge is 0.0757 e. The van der Waals surface area contributed by atoms with Gasteiger partial charge in [0.2, 0.25) is 0 Å². The molecule has 0 aromatic rings. The highest BCUT2D eigenvalue weighted by molar-refractivity contribution is 4.90. The van der Waals surface area contributed by atoms with Gasteiger partial charge in [-0.15, -0.1) is 0 Å². The molecule has 0 aromatic carbocycles. The van der Waals surface area contributed by atoms with E-state index in [-0.39, 0.29) is 0 Å². The van der Waals surface area contributed by atoms with Crippen molar-refractivity contribution in [2.75, 3.05) is 6.54 Å². The van der Waals surface area contributed by atoms with E-state index in [1.165, 1.54) is 32.1 Å². The van der Waals surface area contributed by atoms with Crippen molar-refractivity contribution in [1.82, 2.24) is 5.32 Å². The van der Waals surface area contributed by atoms with Crippen molar-refractivity contribution in [2.45, 2.75) is 85.0 Å². The average Bonchev–Trinajstić information content (AvgIpc) is 2.38. The maximum absolute atomic E-state index is 6.61. The Morgan fingerprint density at radius 1 is 0.900 bits per heavy atom. The van der Waals surface area contributed by atoms with Crippen LogP contribution in [0, 0.1) is 23.7 Å². The lowest BCUT2D eigenvalue weighted by molar-refractivity contribution is -0.100. The first kappa shape index (κ1) is 16.3. The molecule has 7 unspecified atom stereocenters. The average molecular weight is 281 g/mol. The lowest BCUT2D eigenvalue weighted by Crippen LogP contribution is -2.51. The van der Waals surface area contributed by atoms with E-state index >= 15 is 0 Å². The Hall–Kier alpha value is -0.0800. The van der Waals surface area contributed by atoms with Crippen LogP contribution in [-0.2, 0) is 4.74 Å². The van der Waals surface area contributed by atoms with Gasteiger partial charge in [-0.05, 0) is 62.3 Å². The van der Waals surface area contributed by atoms with Gasteiger partial charge in [-0.25, -0.2) is 0 Å². The molecule has 0 amide bonds. The summed E-state index contributed by atoms with van der Waals surface area (Å²) in [4.78, 5) is 0. The minimum atomic E-state index is 0.428. The van der Waals surface area contributed by atoms with E-state index in [2.05, 4.69) is 39.9 Å². The van der Waals surface area contributed by atoms with Crippen LogP contribution >= 0.6 is 0 Å². The fourth-order valence-electron chi connectivity index (χ4n) is 4.36. The van der Waals surface area contributed by atoms with Crippen molar-refractivity contribution >= 4 is 0 Å². The Morgan fingerprint density at radius 2 is 1.65 bits per heavy atom. The molecule has 7 atom stereocenters. The van der Waals surface area contributed by atoms with Crippen molar-refractivity contribution in [2.24, 2.45) is 23.7 Å². The number of hydrogen-bond acceptors (Lipinski definition) is 2. The van der Waals surface area contributed by atoms with Gasteiger partial charge in [-0.3, -0.25) is 0 Å². The second kappa shape index (κ2) is 7.26. The van der Waals surface area contributed by atoms with Crippen LogP contribution in [0.2, 0.25) is 0 Å². The summed E-state index contributed by atoms with van der Waals surface area (Å²) in [6.07, 6.45) is 7.41. The minimum Gasteiger partial charge on any atom is -0.373 e. The maximum Gasteiger partial charge on any atom is 0.0757 e. The number of likely N-dealkylation sites (N-methyl/N-ethyl adjacent to an activating group) is 1. The highest BCUT2D eigenvalue weighted by Gasteiger charge is 2.37. The second-order valence-corrected chi connectivity index (χ2v) is 7.71. The molecule has 118 valence electrons. The lowest BCUT2D eigenvalue weighted by Gasteiger charge is -2.43. The van der Waals surface area contributed by atoms with Crippen LogP contribution in [0.3, 0.4) is 0 Å². The zero-order chi connectivity index (χ0) is 14.7. The van der Waals surface area contributed by atoms with Crippen LogP contribution in [0.15, 0.2) is 0 Å². The van der Waals surface area contributed by atoms with E-state index in [4.69, 9.17) is 4.74 Å². The number of rotatable bonds is 4. The van der Waals surface area contributed by atoms with Gasteiger partial charge in [0.15, 0.2) is 0 Å². The molecule has 0 bridgehead atoms. The van der Waals surface area contributed by atoms with Gasteiger partial charge in [0.25, 0.3) is 0 Å². The Morgan fingerprint density at radius 3 is 2.30 bits per heavy atom. The van der Waals surface area contributed by atoms with Crippen molar-refractivity contribution in [1.29, 1.82) is 0 Å². The number of hydrogen-bond donors (Lipinski definition) is 1. The van der Waals surface area contributed by atoms with Gasteiger partial charge >= 0.3 is 0 Å². The Balaban J connectivity index is 1.94.